The minimum absolute atomic E-state index is 0.203. The second-order valence-electron chi connectivity index (χ2n) is 6.71. The first-order valence-corrected chi connectivity index (χ1v) is 10.3. The summed E-state index contributed by atoms with van der Waals surface area (Å²) >= 11 is 0. The molecule has 0 bridgehead atoms. The lowest BCUT2D eigenvalue weighted by molar-refractivity contribution is -0.117. The molecule has 0 radical (unpaired) electrons. The summed E-state index contributed by atoms with van der Waals surface area (Å²) in [5, 5.41) is 6.31. The van der Waals surface area contributed by atoms with E-state index >= 15 is 0 Å². The topological polar surface area (TPSA) is 68.8 Å². The number of benzene rings is 3. The fraction of sp³-hybridized carbons (Fsp3) is 0.240. The molecule has 0 heterocycles. The van der Waals surface area contributed by atoms with Crippen molar-refractivity contribution >= 4 is 17.3 Å². The average Bonchev–Trinajstić information content (AvgIpc) is 2.80. The smallest absolute Gasteiger partial charge is 0.251 e. The van der Waals surface area contributed by atoms with E-state index in [9.17, 15) is 4.79 Å². The van der Waals surface area contributed by atoms with Gasteiger partial charge in [0.1, 0.15) is 11.8 Å². The zero-order valence-electron chi connectivity index (χ0n) is 18.1. The highest BCUT2D eigenvalue weighted by Gasteiger charge is 2.22. The Morgan fingerprint density at radius 2 is 1.52 bits per heavy atom. The van der Waals surface area contributed by atoms with Gasteiger partial charge in [-0.25, -0.2) is 0 Å². The lowest BCUT2D eigenvalue weighted by Gasteiger charge is -2.21. The van der Waals surface area contributed by atoms with Crippen molar-refractivity contribution in [3.63, 3.8) is 0 Å². The van der Waals surface area contributed by atoms with E-state index in [4.69, 9.17) is 14.2 Å². The number of para-hydroxylation sites is 2. The molecule has 3 aromatic carbocycles. The monoisotopic (exact) mass is 420 g/mol. The normalized spacial score (nSPS) is 11.3. The van der Waals surface area contributed by atoms with Crippen LogP contribution < -0.4 is 24.8 Å². The van der Waals surface area contributed by atoms with Crippen molar-refractivity contribution < 1.29 is 19.0 Å². The summed E-state index contributed by atoms with van der Waals surface area (Å²) in [7, 11) is 1.59. The number of rotatable bonds is 10. The largest absolute Gasteiger partial charge is 0.493 e. The Bertz CT molecular complexity index is 992. The molecule has 0 aliphatic rings. The second-order valence-corrected chi connectivity index (χ2v) is 6.71. The third-order valence-corrected chi connectivity index (χ3v) is 4.61. The van der Waals surface area contributed by atoms with Gasteiger partial charge in [-0.2, -0.15) is 0 Å². The van der Waals surface area contributed by atoms with Gasteiger partial charge in [-0.05, 0) is 43.7 Å². The summed E-state index contributed by atoms with van der Waals surface area (Å²) in [5.74, 6) is 1.68. The molecule has 0 saturated heterocycles. The zero-order chi connectivity index (χ0) is 22.1. The first-order valence-electron chi connectivity index (χ1n) is 10.3. The van der Waals surface area contributed by atoms with Crippen molar-refractivity contribution in [3.8, 4) is 17.2 Å². The van der Waals surface area contributed by atoms with Gasteiger partial charge in [0.25, 0.3) is 5.91 Å². The lowest BCUT2D eigenvalue weighted by Crippen LogP contribution is -2.27. The Kier molecular flexibility index (Phi) is 7.76. The maximum Gasteiger partial charge on any atom is 0.251 e. The van der Waals surface area contributed by atoms with Crippen LogP contribution in [-0.2, 0) is 4.79 Å². The van der Waals surface area contributed by atoms with Gasteiger partial charge in [0.15, 0.2) is 11.5 Å². The van der Waals surface area contributed by atoms with Gasteiger partial charge in [-0.15, -0.1) is 0 Å². The number of anilines is 2. The molecule has 0 aliphatic carbocycles. The Morgan fingerprint density at radius 1 is 0.839 bits per heavy atom. The van der Waals surface area contributed by atoms with Crippen molar-refractivity contribution in [1.82, 2.24) is 0 Å². The minimum Gasteiger partial charge on any atom is -0.493 e. The van der Waals surface area contributed by atoms with Crippen LogP contribution in [0.1, 0.15) is 25.5 Å². The predicted molar refractivity (Wildman–Crippen MR) is 123 cm³/mol. The highest BCUT2D eigenvalue weighted by Crippen LogP contribution is 2.32. The quantitative estimate of drug-likeness (QED) is 0.467. The standard InChI is InChI=1S/C25H28N2O4/c1-4-30-21-14-10-9-13-20(21)27-25(28)24(18-11-7-6-8-12-18)26-19-15-16-22(31-5-2)23(17-19)29-3/h6-17,24,26H,4-5H2,1-3H3,(H,27,28)/t24-/m1/s1. The Morgan fingerprint density at radius 3 is 2.23 bits per heavy atom. The Balaban J connectivity index is 1.88. The van der Waals surface area contributed by atoms with E-state index in [1.165, 1.54) is 0 Å². The molecule has 1 amide bonds. The Labute approximate surface area is 183 Å². The number of hydrogen-bond donors (Lipinski definition) is 2. The summed E-state index contributed by atoms with van der Waals surface area (Å²) in [6.45, 7) is 4.88. The number of nitrogens with one attached hydrogen (secondary N) is 2. The molecule has 6 nitrogen and oxygen atoms in total. The third kappa shape index (κ3) is 5.69. The van der Waals surface area contributed by atoms with Crippen LogP contribution in [0.15, 0.2) is 72.8 Å². The van der Waals surface area contributed by atoms with Gasteiger partial charge in [0.2, 0.25) is 0 Å². The maximum atomic E-state index is 13.3. The van der Waals surface area contributed by atoms with Crippen molar-refractivity contribution in [1.29, 1.82) is 0 Å². The first-order chi connectivity index (χ1) is 15.2. The van der Waals surface area contributed by atoms with Gasteiger partial charge in [0.05, 0.1) is 26.0 Å². The molecular formula is C25H28N2O4. The van der Waals surface area contributed by atoms with E-state index in [1.807, 2.05) is 86.6 Å². The SMILES string of the molecule is CCOc1ccccc1NC(=O)[C@H](Nc1ccc(OCC)c(OC)c1)c1ccccc1. The molecule has 162 valence electrons. The van der Waals surface area contributed by atoms with E-state index in [0.29, 0.717) is 36.1 Å². The van der Waals surface area contributed by atoms with Crippen molar-refractivity contribution in [2.45, 2.75) is 19.9 Å². The second kappa shape index (κ2) is 10.9. The van der Waals surface area contributed by atoms with Crippen molar-refractivity contribution in [2.75, 3.05) is 31.0 Å². The highest BCUT2D eigenvalue weighted by atomic mass is 16.5. The summed E-state index contributed by atoms with van der Waals surface area (Å²) < 4.78 is 16.7. The fourth-order valence-electron chi connectivity index (χ4n) is 3.20. The number of carbonyl (C=O) groups excluding carboxylic acids is 1. The predicted octanol–water partition coefficient (Wildman–Crippen LogP) is 5.28. The molecule has 0 saturated carbocycles. The average molecular weight is 421 g/mol. The first kappa shape index (κ1) is 22.0. The summed E-state index contributed by atoms with van der Waals surface area (Å²) in [4.78, 5) is 13.3. The van der Waals surface area contributed by atoms with Gasteiger partial charge < -0.3 is 24.8 Å². The van der Waals surface area contributed by atoms with Crippen molar-refractivity contribution in [3.05, 3.63) is 78.4 Å². The number of hydrogen-bond acceptors (Lipinski definition) is 5. The molecule has 2 N–H and O–H groups in total. The number of carbonyl (C=O) groups is 1. The summed E-state index contributed by atoms with van der Waals surface area (Å²) in [5.41, 5.74) is 2.20. The van der Waals surface area contributed by atoms with Gasteiger partial charge in [-0.1, -0.05) is 42.5 Å². The van der Waals surface area contributed by atoms with E-state index in [0.717, 1.165) is 11.3 Å². The van der Waals surface area contributed by atoms with Crippen molar-refractivity contribution in [2.24, 2.45) is 0 Å². The van der Waals surface area contributed by atoms with Crippen LogP contribution in [0.2, 0.25) is 0 Å². The van der Waals surface area contributed by atoms with E-state index in [1.54, 1.807) is 7.11 Å². The van der Waals surface area contributed by atoms with Crippen LogP contribution >= 0.6 is 0 Å². The molecule has 3 aromatic rings. The van der Waals surface area contributed by atoms with Crippen LogP contribution in [0.25, 0.3) is 0 Å². The highest BCUT2D eigenvalue weighted by molar-refractivity contribution is 5.98. The summed E-state index contributed by atoms with van der Waals surface area (Å²) in [6, 6.07) is 21.8. The molecule has 0 aromatic heterocycles. The summed E-state index contributed by atoms with van der Waals surface area (Å²) in [6.07, 6.45) is 0. The van der Waals surface area contributed by atoms with Crippen LogP contribution in [0, 0.1) is 0 Å². The third-order valence-electron chi connectivity index (χ3n) is 4.61. The molecule has 3 rings (SSSR count). The molecule has 31 heavy (non-hydrogen) atoms. The number of methoxy groups -OCH3 is 1. The number of ether oxygens (including phenoxy) is 3. The Hall–Kier alpha value is -3.67. The molecule has 1 atom stereocenters. The molecular weight excluding hydrogens is 392 g/mol. The molecule has 0 fully saturated rings. The molecule has 0 spiro atoms. The lowest BCUT2D eigenvalue weighted by atomic mass is 10.1. The van der Waals surface area contributed by atoms with Gasteiger partial charge in [-0.3, -0.25) is 4.79 Å². The minimum atomic E-state index is -0.626. The van der Waals surface area contributed by atoms with E-state index in [2.05, 4.69) is 10.6 Å². The van der Waals surface area contributed by atoms with Gasteiger partial charge >= 0.3 is 0 Å². The maximum absolute atomic E-state index is 13.3. The van der Waals surface area contributed by atoms with Crippen LogP contribution in [0.4, 0.5) is 11.4 Å². The van der Waals surface area contributed by atoms with Crippen LogP contribution in [0.5, 0.6) is 17.2 Å². The van der Waals surface area contributed by atoms with Crippen LogP contribution in [0.3, 0.4) is 0 Å². The fourth-order valence-corrected chi connectivity index (χ4v) is 3.20. The van der Waals surface area contributed by atoms with Crippen LogP contribution in [-0.4, -0.2) is 26.2 Å². The molecule has 0 aliphatic heterocycles. The van der Waals surface area contributed by atoms with E-state index < -0.39 is 6.04 Å². The number of amides is 1. The van der Waals surface area contributed by atoms with Gasteiger partial charge in [0, 0.05) is 11.8 Å². The zero-order valence-corrected chi connectivity index (χ0v) is 18.1. The molecule has 6 heteroatoms. The molecule has 0 unspecified atom stereocenters. The van der Waals surface area contributed by atoms with E-state index in [-0.39, 0.29) is 5.91 Å².